The van der Waals surface area contributed by atoms with Gasteiger partial charge in [-0.25, -0.2) is 14.8 Å². The molecule has 2 aliphatic rings. The summed E-state index contributed by atoms with van der Waals surface area (Å²) in [6, 6.07) is 17.1. The van der Waals surface area contributed by atoms with Crippen LogP contribution in [0.2, 0.25) is 0 Å². The van der Waals surface area contributed by atoms with E-state index in [1.54, 1.807) is 0 Å². The van der Waals surface area contributed by atoms with Crippen LogP contribution in [0.5, 0.6) is 0 Å². The van der Waals surface area contributed by atoms with Crippen LogP contribution in [0.25, 0.3) is 11.1 Å². The highest BCUT2D eigenvalue weighted by Gasteiger charge is 2.42. The molecule has 23 heavy (non-hydrogen) atoms. The summed E-state index contributed by atoms with van der Waals surface area (Å²) < 4.78 is 0. The fourth-order valence-electron chi connectivity index (χ4n) is 4.00. The number of amides is 1. The van der Waals surface area contributed by atoms with E-state index in [1.807, 2.05) is 12.1 Å². The number of fused-ring (bicyclic) bond motifs is 3. The number of carboxylic acid groups (broad SMARTS) is 1. The number of hydrogen-bond acceptors (Lipinski definition) is 2. The molecule has 0 bridgehead atoms. The van der Waals surface area contributed by atoms with Crippen molar-refractivity contribution in [1.29, 1.82) is 0 Å². The summed E-state index contributed by atoms with van der Waals surface area (Å²) in [6.45, 7) is 0.567. The van der Waals surface area contributed by atoms with E-state index >= 15 is 0 Å². The van der Waals surface area contributed by atoms with Crippen LogP contribution in [0, 0.1) is 0 Å². The van der Waals surface area contributed by atoms with Gasteiger partial charge in [-0.3, -0.25) is 0 Å². The zero-order valence-electron chi connectivity index (χ0n) is 12.8. The molecule has 0 saturated carbocycles. The highest BCUT2D eigenvalue weighted by molar-refractivity contribution is 5.85. The van der Waals surface area contributed by atoms with Gasteiger partial charge < -0.3 is 5.11 Å². The maximum atomic E-state index is 11.3. The van der Waals surface area contributed by atoms with Crippen molar-refractivity contribution in [2.75, 3.05) is 13.6 Å². The molecule has 0 spiro atoms. The number of likely N-dealkylation sites (N-methyl/N-ethyl adjacent to an activating group) is 1. The molecule has 1 saturated heterocycles. The van der Waals surface area contributed by atoms with Crippen molar-refractivity contribution in [3.05, 3.63) is 59.7 Å². The van der Waals surface area contributed by atoms with Crippen molar-refractivity contribution in [3.63, 3.8) is 0 Å². The molecule has 2 aromatic carbocycles. The largest absolute Gasteiger partial charge is 0.464 e. The topological polar surface area (TPSA) is 43.8 Å². The fraction of sp³-hybridized carbons (Fsp3) is 0.278. The molecular formula is C18H19ClN2O2. The summed E-state index contributed by atoms with van der Waals surface area (Å²) in [7, 11) is 1.88. The summed E-state index contributed by atoms with van der Waals surface area (Å²) in [5.74, 6) is 0.238. The van der Waals surface area contributed by atoms with Gasteiger partial charge in [0.2, 0.25) is 0 Å². The Labute approximate surface area is 141 Å². The quantitative estimate of drug-likeness (QED) is 0.864. The first-order valence-electron chi connectivity index (χ1n) is 7.60. The van der Waals surface area contributed by atoms with E-state index in [-0.39, 0.29) is 24.4 Å². The first-order chi connectivity index (χ1) is 10.7. The molecule has 0 radical (unpaired) electrons. The average Bonchev–Trinajstić information content (AvgIpc) is 3.05. The second-order valence-corrected chi connectivity index (χ2v) is 5.99. The molecule has 5 heteroatoms. The van der Waals surface area contributed by atoms with Gasteiger partial charge in [-0.05, 0) is 28.7 Å². The first kappa shape index (κ1) is 15.8. The Balaban J connectivity index is 0.00000156. The lowest BCUT2D eigenvalue weighted by atomic mass is 9.88. The van der Waals surface area contributed by atoms with Crippen molar-refractivity contribution in [1.82, 2.24) is 10.0 Å². The summed E-state index contributed by atoms with van der Waals surface area (Å²) in [6.07, 6.45) is -0.0135. The highest BCUT2D eigenvalue weighted by atomic mass is 35.5. The summed E-state index contributed by atoms with van der Waals surface area (Å²) in [4.78, 5) is 11.3. The van der Waals surface area contributed by atoms with Crippen molar-refractivity contribution in [2.24, 2.45) is 0 Å². The lowest BCUT2D eigenvalue weighted by molar-refractivity contribution is 0.0278. The predicted octanol–water partition coefficient (Wildman–Crippen LogP) is 3.82. The van der Waals surface area contributed by atoms with Gasteiger partial charge in [0.25, 0.3) is 0 Å². The molecule has 1 atom stereocenters. The minimum absolute atomic E-state index is 0. The number of halogens is 1. The minimum atomic E-state index is -0.871. The Kier molecular flexibility index (Phi) is 4.04. The second-order valence-electron chi connectivity index (χ2n) is 5.99. The maximum absolute atomic E-state index is 11.3. The van der Waals surface area contributed by atoms with Crippen LogP contribution >= 0.6 is 12.4 Å². The Morgan fingerprint density at radius 3 is 2.04 bits per heavy atom. The van der Waals surface area contributed by atoms with Gasteiger partial charge in [0, 0.05) is 25.6 Å². The van der Waals surface area contributed by atoms with E-state index in [1.165, 1.54) is 27.3 Å². The highest BCUT2D eigenvalue weighted by Crippen LogP contribution is 2.48. The smallest absolute Gasteiger partial charge is 0.421 e. The van der Waals surface area contributed by atoms with E-state index < -0.39 is 6.09 Å². The first-order valence-corrected chi connectivity index (χ1v) is 7.60. The standard InChI is InChI=1S/C18H18N2O2.ClH/c1-19-16(10-11-20(19)18(21)22)17-14-8-4-2-6-12(14)13-7-3-5-9-15(13)17;/h2-9,16-17H,10-11H2,1H3,(H,21,22);1H. The van der Waals surface area contributed by atoms with Gasteiger partial charge in [0.05, 0.1) is 0 Å². The summed E-state index contributed by atoms with van der Waals surface area (Å²) >= 11 is 0. The number of nitrogens with zero attached hydrogens (tertiary/aromatic N) is 2. The SMILES string of the molecule is CN1C(C2c3ccccc3-c3ccccc32)CCN1C(=O)O.Cl. The average molecular weight is 331 g/mol. The number of carbonyl (C=O) groups is 1. The maximum Gasteiger partial charge on any atom is 0.421 e. The third-order valence-electron chi connectivity index (χ3n) is 4.98. The number of benzene rings is 2. The molecule has 1 fully saturated rings. The molecule has 2 aromatic rings. The van der Waals surface area contributed by atoms with E-state index in [4.69, 9.17) is 0 Å². The Bertz CT molecular complexity index is 704. The molecule has 1 unspecified atom stereocenters. The van der Waals surface area contributed by atoms with Gasteiger partial charge >= 0.3 is 6.09 Å². The van der Waals surface area contributed by atoms with Crippen molar-refractivity contribution in [2.45, 2.75) is 18.4 Å². The van der Waals surface area contributed by atoms with Crippen LogP contribution in [0.4, 0.5) is 4.79 Å². The Morgan fingerprint density at radius 1 is 1.04 bits per heavy atom. The summed E-state index contributed by atoms with van der Waals surface area (Å²) in [5, 5.41) is 12.6. The lowest BCUT2D eigenvalue weighted by Crippen LogP contribution is -2.43. The van der Waals surface area contributed by atoms with E-state index in [0.29, 0.717) is 6.54 Å². The van der Waals surface area contributed by atoms with Gasteiger partial charge in [-0.1, -0.05) is 48.5 Å². The molecule has 1 amide bonds. The number of rotatable bonds is 1. The Hall–Kier alpha value is -2.04. The van der Waals surface area contributed by atoms with Gasteiger partial charge in [0.15, 0.2) is 0 Å². The molecule has 4 rings (SSSR count). The van der Waals surface area contributed by atoms with Gasteiger partial charge in [-0.2, -0.15) is 0 Å². The van der Waals surface area contributed by atoms with Crippen LogP contribution in [0.15, 0.2) is 48.5 Å². The molecule has 4 nitrogen and oxygen atoms in total. The zero-order chi connectivity index (χ0) is 15.3. The number of hydrogen-bond donors (Lipinski definition) is 1. The van der Waals surface area contributed by atoms with Gasteiger partial charge in [0.1, 0.15) is 0 Å². The monoisotopic (exact) mass is 330 g/mol. The zero-order valence-corrected chi connectivity index (χ0v) is 13.7. The predicted molar refractivity (Wildman–Crippen MR) is 91.9 cm³/mol. The van der Waals surface area contributed by atoms with Gasteiger partial charge in [-0.15, -0.1) is 12.4 Å². The van der Waals surface area contributed by atoms with Crippen molar-refractivity contribution >= 4 is 18.5 Å². The third kappa shape index (κ3) is 2.30. The van der Waals surface area contributed by atoms with E-state index in [0.717, 1.165) is 6.42 Å². The van der Waals surface area contributed by atoms with Crippen LogP contribution in [-0.2, 0) is 0 Å². The van der Waals surface area contributed by atoms with Crippen molar-refractivity contribution < 1.29 is 9.90 Å². The normalized spacial score (nSPS) is 20.0. The fourth-order valence-corrected chi connectivity index (χ4v) is 4.00. The molecule has 0 aromatic heterocycles. The third-order valence-corrected chi connectivity index (χ3v) is 4.98. The number of hydrazine groups is 1. The van der Waals surface area contributed by atoms with Crippen LogP contribution < -0.4 is 0 Å². The molecule has 120 valence electrons. The Morgan fingerprint density at radius 2 is 1.57 bits per heavy atom. The van der Waals surface area contributed by atoms with Crippen LogP contribution in [0.3, 0.4) is 0 Å². The molecule has 1 aliphatic carbocycles. The summed E-state index contributed by atoms with van der Waals surface area (Å²) in [5.41, 5.74) is 5.19. The minimum Gasteiger partial charge on any atom is -0.464 e. The van der Waals surface area contributed by atoms with E-state index in [2.05, 4.69) is 48.5 Å². The molecule has 1 aliphatic heterocycles. The molecular weight excluding hydrogens is 312 g/mol. The van der Waals surface area contributed by atoms with Crippen LogP contribution in [0.1, 0.15) is 23.5 Å². The lowest BCUT2D eigenvalue weighted by Gasteiger charge is -2.30. The molecule has 1 heterocycles. The van der Waals surface area contributed by atoms with Crippen LogP contribution in [-0.4, -0.2) is 40.9 Å². The second kappa shape index (κ2) is 5.87. The van der Waals surface area contributed by atoms with E-state index in [9.17, 15) is 9.90 Å². The van der Waals surface area contributed by atoms with Crippen molar-refractivity contribution in [3.8, 4) is 11.1 Å². The molecule has 1 N–H and O–H groups in total.